The smallest absolute Gasteiger partial charge is 0.323 e. The highest BCUT2D eigenvalue weighted by molar-refractivity contribution is 6.07. The Bertz CT molecular complexity index is 661. The number of carbonyl (C=O) groups is 2. The third kappa shape index (κ3) is 3.03. The van der Waals surface area contributed by atoms with E-state index in [0.717, 1.165) is 50.6 Å². The third-order valence-electron chi connectivity index (χ3n) is 6.00. The van der Waals surface area contributed by atoms with Crippen LogP contribution in [-0.4, -0.2) is 45.0 Å². The predicted molar refractivity (Wildman–Crippen MR) is 93.4 cm³/mol. The van der Waals surface area contributed by atoms with Crippen molar-refractivity contribution in [2.24, 2.45) is 5.92 Å². The van der Waals surface area contributed by atoms with Crippen LogP contribution in [0.3, 0.4) is 0 Å². The topological polar surface area (TPSA) is 65.5 Å². The van der Waals surface area contributed by atoms with Gasteiger partial charge in [-0.1, -0.05) is 25.8 Å². The number of imide groups is 1. The van der Waals surface area contributed by atoms with Crippen molar-refractivity contribution in [1.82, 2.24) is 20.1 Å². The molecule has 1 aliphatic heterocycles. The van der Waals surface area contributed by atoms with Crippen LogP contribution in [0, 0.1) is 5.92 Å². The van der Waals surface area contributed by atoms with Gasteiger partial charge < -0.3 is 5.32 Å². The van der Waals surface area contributed by atoms with E-state index in [9.17, 15) is 9.59 Å². The molecule has 0 aromatic carbocycles. The molecule has 6 nitrogen and oxygen atoms in total. The van der Waals surface area contributed by atoms with E-state index in [1.54, 1.807) is 6.20 Å². The van der Waals surface area contributed by atoms with Crippen molar-refractivity contribution < 1.29 is 9.59 Å². The van der Waals surface area contributed by atoms with E-state index in [4.69, 9.17) is 0 Å². The van der Waals surface area contributed by atoms with Gasteiger partial charge in [0.25, 0.3) is 5.91 Å². The molecule has 1 spiro atoms. The van der Waals surface area contributed by atoms with Gasteiger partial charge in [0.2, 0.25) is 0 Å². The number of carbonyl (C=O) groups excluding carboxylic acids is 2. The van der Waals surface area contributed by atoms with E-state index in [0.29, 0.717) is 12.7 Å². The SMILES string of the molecule is C[C@@H]1CCCC[C@@]12NC(=O)N(CN(Cc1cccnc1)C1CC1)C2=O. The standard InChI is InChI=1S/C19H26N4O2/c1-14-5-2-3-9-19(14)17(24)23(18(25)21-19)13-22(16-7-8-16)12-15-6-4-10-20-11-15/h4,6,10-11,14,16H,2-3,5,7-9,12-13H2,1H3,(H,21,25)/t14-,19-/m1/s1. The second-order valence-electron chi connectivity index (χ2n) is 7.76. The monoisotopic (exact) mass is 342 g/mol. The average molecular weight is 342 g/mol. The summed E-state index contributed by atoms with van der Waals surface area (Å²) in [7, 11) is 0. The zero-order valence-electron chi connectivity index (χ0n) is 14.8. The lowest BCUT2D eigenvalue weighted by Crippen LogP contribution is -2.54. The van der Waals surface area contributed by atoms with Crippen molar-refractivity contribution in [1.29, 1.82) is 0 Å². The Hall–Kier alpha value is -1.95. The molecular weight excluding hydrogens is 316 g/mol. The fourth-order valence-corrected chi connectivity index (χ4v) is 4.27. The van der Waals surface area contributed by atoms with E-state index in [-0.39, 0.29) is 17.9 Å². The normalized spacial score (nSPS) is 29.5. The molecular formula is C19H26N4O2. The van der Waals surface area contributed by atoms with Crippen LogP contribution in [0.1, 0.15) is 51.0 Å². The summed E-state index contributed by atoms with van der Waals surface area (Å²) in [6.45, 7) is 3.19. The maximum absolute atomic E-state index is 13.1. The van der Waals surface area contributed by atoms with Crippen molar-refractivity contribution in [3.8, 4) is 0 Å². The Labute approximate surface area is 148 Å². The number of nitrogens with zero attached hydrogens (tertiary/aromatic N) is 3. The van der Waals surface area contributed by atoms with Crippen LogP contribution in [0.15, 0.2) is 24.5 Å². The molecule has 3 fully saturated rings. The van der Waals surface area contributed by atoms with Crippen LogP contribution >= 0.6 is 0 Å². The Balaban J connectivity index is 1.50. The molecule has 2 aliphatic carbocycles. The Morgan fingerprint density at radius 2 is 2.16 bits per heavy atom. The van der Waals surface area contributed by atoms with Crippen LogP contribution in [0.5, 0.6) is 0 Å². The molecule has 1 saturated heterocycles. The molecule has 0 unspecified atom stereocenters. The number of urea groups is 1. The van der Waals surface area contributed by atoms with Crippen molar-refractivity contribution >= 4 is 11.9 Å². The molecule has 25 heavy (non-hydrogen) atoms. The molecule has 2 atom stereocenters. The minimum absolute atomic E-state index is 0.0264. The van der Waals surface area contributed by atoms with Gasteiger partial charge in [-0.05, 0) is 43.2 Å². The number of hydrogen-bond acceptors (Lipinski definition) is 4. The highest BCUT2D eigenvalue weighted by Crippen LogP contribution is 2.39. The zero-order valence-corrected chi connectivity index (χ0v) is 14.8. The van der Waals surface area contributed by atoms with Gasteiger partial charge in [-0.3, -0.25) is 14.7 Å². The molecule has 3 aliphatic rings. The van der Waals surface area contributed by atoms with Gasteiger partial charge in [-0.15, -0.1) is 0 Å². The number of rotatable bonds is 5. The number of nitrogens with one attached hydrogen (secondary N) is 1. The minimum Gasteiger partial charge on any atom is -0.323 e. The number of aromatic nitrogens is 1. The van der Waals surface area contributed by atoms with E-state index < -0.39 is 5.54 Å². The molecule has 1 aromatic heterocycles. The second kappa shape index (κ2) is 6.41. The zero-order chi connectivity index (χ0) is 17.4. The first-order valence-electron chi connectivity index (χ1n) is 9.37. The van der Waals surface area contributed by atoms with Gasteiger partial charge in [0.05, 0.1) is 6.67 Å². The van der Waals surface area contributed by atoms with Crippen LogP contribution in [0.25, 0.3) is 0 Å². The first kappa shape index (κ1) is 16.5. The lowest BCUT2D eigenvalue weighted by Gasteiger charge is -2.37. The lowest BCUT2D eigenvalue weighted by atomic mass is 9.73. The first-order chi connectivity index (χ1) is 12.1. The lowest BCUT2D eigenvalue weighted by molar-refractivity contribution is -0.135. The van der Waals surface area contributed by atoms with Gasteiger partial charge in [0, 0.05) is 25.0 Å². The molecule has 0 radical (unpaired) electrons. The summed E-state index contributed by atoms with van der Waals surface area (Å²) < 4.78 is 0. The maximum atomic E-state index is 13.1. The van der Waals surface area contributed by atoms with Gasteiger partial charge in [0.1, 0.15) is 5.54 Å². The molecule has 1 N–H and O–H groups in total. The molecule has 4 rings (SSSR count). The molecule has 1 aromatic rings. The van der Waals surface area contributed by atoms with E-state index in [1.165, 1.54) is 4.90 Å². The van der Waals surface area contributed by atoms with Crippen molar-refractivity contribution in [2.45, 2.75) is 63.6 Å². The van der Waals surface area contributed by atoms with E-state index in [1.807, 2.05) is 18.3 Å². The van der Waals surface area contributed by atoms with Gasteiger partial charge >= 0.3 is 6.03 Å². The Kier molecular flexibility index (Phi) is 4.23. The fourth-order valence-electron chi connectivity index (χ4n) is 4.27. The Morgan fingerprint density at radius 3 is 2.84 bits per heavy atom. The first-order valence-corrected chi connectivity index (χ1v) is 9.37. The summed E-state index contributed by atoms with van der Waals surface area (Å²) in [4.78, 5) is 33.6. The fraction of sp³-hybridized carbons (Fsp3) is 0.632. The highest BCUT2D eigenvalue weighted by Gasteiger charge is 2.55. The van der Waals surface area contributed by atoms with Gasteiger partial charge in [-0.25, -0.2) is 9.69 Å². The molecule has 6 heteroatoms. The van der Waals surface area contributed by atoms with Crippen LogP contribution in [-0.2, 0) is 11.3 Å². The molecule has 2 heterocycles. The van der Waals surface area contributed by atoms with Crippen molar-refractivity contribution in [2.75, 3.05) is 6.67 Å². The average Bonchev–Trinajstić information content (AvgIpc) is 3.42. The largest absolute Gasteiger partial charge is 0.326 e. The summed E-state index contributed by atoms with van der Waals surface area (Å²) in [5.74, 6) is 0.178. The van der Waals surface area contributed by atoms with Crippen molar-refractivity contribution in [3.05, 3.63) is 30.1 Å². The number of hydrogen-bond donors (Lipinski definition) is 1. The molecule has 3 amide bonds. The number of amides is 3. The molecule has 2 saturated carbocycles. The van der Waals surface area contributed by atoms with Crippen LogP contribution in [0.4, 0.5) is 4.79 Å². The molecule has 134 valence electrons. The molecule has 0 bridgehead atoms. The Morgan fingerprint density at radius 1 is 1.32 bits per heavy atom. The summed E-state index contributed by atoms with van der Waals surface area (Å²) >= 11 is 0. The summed E-state index contributed by atoms with van der Waals surface area (Å²) in [5.41, 5.74) is 0.445. The second-order valence-corrected chi connectivity index (χ2v) is 7.76. The predicted octanol–water partition coefficient (Wildman–Crippen LogP) is 2.50. The summed E-state index contributed by atoms with van der Waals surface area (Å²) in [6.07, 6.45) is 9.79. The maximum Gasteiger partial charge on any atom is 0.326 e. The number of pyridine rings is 1. The third-order valence-corrected chi connectivity index (χ3v) is 6.00. The van der Waals surface area contributed by atoms with Crippen molar-refractivity contribution in [3.63, 3.8) is 0 Å². The highest BCUT2D eigenvalue weighted by atomic mass is 16.2. The van der Waals surface area contributed by atoms with Crippen LogP contribution < -0.4 is 5.32 Å². The quantitative estimate of drug-likeness (QED) is 0.835. The van der Waals surface area contributed by atoms with Gasteiger partial charge in [0.15, 0.2) is 0 Å². The van der Waals surface area contributed by atoms with E-state index >= 15 is 0 Å². The minimum atomic E-state index is -0.668. The van der Waals surface area contributed by atoms with Gasteiger partial charge in [-0.2, -0.15) is 0 Å². The van der Waals surface area contributed by atoms with Crippen LogP contribution in [0.2, 0.25) is 0 Å². The van der Waals surface area contributed by atoms with E-state index in [2.05, 4.69) is 22.1 Å². The summed E-state index contributed by atoms with van der Waals surface area (Å²) in [5, 5.41) is 3.05. The summed E-state index contributed by atoms with van der Waals surface area (Å²) in [6, 6.07) is 4.20.